The third-order valence-corrected chi connectivity index (χ3v) is 2.16. The summed E-state index contributed by atoms with van der Waals surface area (Å²) in [6.45, 7) is 1.93. The van der Waals surface area contributed by atoms with Gasteiger partial charge in [-0.3, -0.25) is 0 Å². The van der Waals surface area contributed by atoms with Crippen molar-refractivity contribution in [1.29, 1.82) is 0 Å². The van der Waals surface area contributed by atoms with Gasteiger partial charge in [-0.25, -0.2) is 4.39 Å². The molecule has 0 aromatic heterocycles. The van der Waals surface area contributed by atoms with E-state index in [-0.39, 0.29) is 12.4 Å². The van der Waals surface area contributed by atoms with Crippen LogP contribution in [0.4, 0.5) is 4.39 Å². The second kappa shape index (κ2) is 5.23. The van der Waals surface area contributed by atoms with Gasteiger partial charge in [-0.2, -0.15) is 0 Å². The van der Waals surface area contributed by atoms with Crippen LogP contribution < -0.4 is 4.74 Å². The van der Waals surface area contributed by atoms with Gasteiger partial charge < -0.3 is 4.74 Å². The molecule has 0 saturated heterocycles. The van der Waals surface area contributed by atoms with Crippen LogP contribution in [0.3, 0.4) is 0 Å². The molecular formula is C10H9Cl2FO. The van der Waals surface area contributed by atoms with Crippen molar-refractivity contribution in [1.82, 2.24) is 0 Å². The van der Waals surface area contributed by atoms with E-state index >= 15 is 0 Å². The van der Waals surface area contributed by atoms with Crippen LogP contribution in [0.15, 0.2) is 28.8 Å². The number of rotatable bonds is 3. The minimum atomic E-state index is -0.408. The van der Waals surface area contributed by atoms with Crippen molar-refractivity contribution in [3.8, 4) is 5.75 Å². The predicted molar refractivity (Wildman–Crippen MR) is 56.4 cm³/mol. The zero-order chi connectivity index (χ0) is 10.6. The molecule has 0 heterocycles. The summed E-state index contributed by atoms with van der Waals surface area (Å²) >= 11 is 10.9. The van der Waals surface area contributed by atoms with Gasteiger partial charge in [-0.1, -0.05) is 29.3 Å². The first-order valence-corrected chi connectivity index (χ1v) is 4.78. The van der Waals surface area contributed by atoms with Crippen LogP contribution in [-0.2, 0) is 0 Å². The molecular weight excluding hydrogens is 226 g/mol. The molecule has 1 aromatic rings. The molecule has 0 N–H and O–H groups in total. The van der Waals surface area contributed by atoms with Gasteiger partial charge in [0.1, 0.15) is 6.61 Å². The first-order valence-electron chi connectivity index (χ1n) is 3.97. The molecule has 0 aliphatic rings. The van der Waals surface area contributed by atoms with E-state index in [1.807, 2.05) is 6.92 Å². The third kappa shape index (κ3) is 3.20. The molecule has 0 unspecified atom stereocenters. The summed E-state index contributed by atoms with van der Waals surface area (Å²) in [6, 6.07) is 4.62. The number of hydrogen-bond acceptors (Lipinski definition) is 1. The highest BCUT2D eigenvalue weighted by molar-refractivity contribution is 6.36. The molecule has 0 bridgehead atoms. The Kier molecular flexibility index (Phi) is 4.23. The molecule has 14 heavy (non-hydrogen) atoms. The molecule has 0 amide bonds. The summed E-state index contributed by atoms with van der Waals surface area (Å²) in [6.07, 6.45) is 0. The zero-order valence-electron chi connectivity index (χ0n) is 7.56. The molecule has 0 radical (unpaired) electrons. The SMILES string of the molecule is Cc1ccc(F)c(OCC(Cl)=CCl)c1. The summed E-state index contributed by atoms with van der Waals surface area (Å²) < 4.78 is 18.2. The van der Waals surface area contributed by atoms with Gasteiger partial charge in [-0.15, -0.1) is 0 Å². The van der Waals surface area contributed by atoms with E-state index in [4.69, 9.17) is 27.9 Å². The van der Waals surface area contributed by atoms with Crippen LogP contribution in [0.1, 0.15) is 5.56 Å². The van der Waals surface area contributed by atoms with Crippen molar-refractivity contribution in [3.05, 3.63) is 40.1 Å². The van der Waals surface area contributed by atoms with Gasteiger partial charge in [0.15, 0.2) is 11.6 Å². The normalized spacial score (nSPS) is 11.6. The quantitative estimate of drug-likeness (QED) is 0.773. The van der Waals surface area contributed by atoms with E-state index in [0.717, 1.165) is 5.56 Å². The number of halogens is 3. The highest BCUT2D eigenvalue weighted by Crippen LogP contribution is 2.19. The molecule has 0 saturated carbocycles. The molecule has 0 atom stereocenters. The Morgan fingerprint density at radius 3 is 2.93 bits per heavy atom. The van der Waals surface area contributed by atoms with Crippen molar-refractivity contribution >= 4 is 23.2 Å². The minimum absolute atomic E-state index is 0.0748. The predicted octanol–water partition coefficient (Wildman–Crippen LogP) is 3.83. The van der Waals surface area contributed by atoms with Crippen LogP contribution in [-0.4, -0.2) is 6.61 Å². The van der Waals surface area contributed by atoms with Gasteiger partial charge >= 0.3 is 0 Å². The largest absolute Gasteiger partial charge is 0.485 e. The molecule has 0 fully saturated rings. The van der Waals surface area contributed by atoms with Crippen molar-refractivity contribution < 1.29 is 9.13 Å². The van der Waals surface area contributed by atoms with E-state index in [1.54, 1.807) is 12.1 Å². The lowest BCUT2D eigenvalue weighted by Gasteiger charge is -2.06. The van der Waals surface area contributed by atoms with Gasteiger partial charge in [0.2, 0.25) is 0 Å². The zero-order valence-corrected chi connectivity index (χ0v) is 9.07. The second-order valence-electron chi connectivity index (χ2n) is 2.78. The summed E-state index contributed by atoms with van der Waals surface area (Å²) in [7, 11) is 0. The Labute approximate surface area is 92.1 Å². The topological polar surface area (TPSA) is 9.23 Å². The smallest absolute Gasteiger partial charge is 0.165 e. The van der Waals surface area contributed by atoms with Gasteiger partial charge in [0, 0.05) is 5.54 Å². The van der Waals surface area contributed by atoms with Crippen LogP contribution in [0, 0.1) is 12.7 Å². The van der Waals surface area contributed by atoms with Crippen molar-refractivity contribution in [2.24, 2.45) is 0 Å². The fraction of sp³-hybridized carbons (Fsp3) is 0.200. The minimum Gasteiger partial charge on any atom is -0.485 e. The molecule has 0 spiro atoms. The second-order valence-corrected chi connectivity index (χ2v) is 3.48. The van der Waals surface area contributed by atoms with Crippen LogP contribution in [0.2, 0.25) is 0 Å². The van der Waals surface area contributed by atoms with Crippen LogP contribution >= 0.6 is 23.2 Å². The maximum Gasteiger partial charge on any atom is 0.165 e. The Morgan fingerprint density at radius 2 is 2.29 bits per heavy atom. The van der Waals surface area contributed by atoms with E-state index < -0.39 is 5.82 Å². The van der Waals surface area contributed by atoms with E-state index in [9.17, 15) is 4.39 Å². The summed E-state index contributed by atoms with van der Waals surface area (Å²) in [5, 5.41) is 0.326. The molecule has 4 heteroatoms. The highest BCUT2D eigenvalue weighted by Gasteiger charge is 2.03. The number of hydrogen-bond donors (Lipinski definition) is 0. The fourth-order valence-corrected chi connectivity index (χ4v) is 1.02. The van der Waals surface area contributed by atoms with Gasteiger partial charge in [-0.05, 0) is 24.6 Å². The first kappa shape index (κ1) is 11.3. The molecule has 76 valence electrons. The van der Waals surface area contributed by atoms with Gasteiger partial charge in [0.25, 0.3) is 0 Å². The van der Waals surface area contributed by atoms with Crippen molar-refractivity contribution in [2.45, 2.75) is 6.92 Å². The first-order chi connectivity index (χ1) is 6.63. The van der Waals surface area contributed by atoms with Crippen LogP contribution in [0.25, 0.3) is 0 Å². The lowest BCUT2D eigenvalue weighted by Crippen LogP contribution is -1.99. The third-order valence-electron chi connectivity index (χ3n) is 1.57. The Hall–Kier alpha value is -0.730. The highest BCUT2D eigenvalue weighted by atomic mass is 35.5. The van der Waals surface area contributed by atoms with E-state index in [1.165, 1.54) is 11.6 Å². The Morgan fingerprint density at radius 1 is 1.57 bits per heavy atom. The number of ether oxygens (including phenoxy) is 1. The van der Waals surface area contributed by atoms with Crippen LogP contribution in [0.5, 0.6) is 5.75 Å². The summed E-state index contributed by atoms with van der Waals surface area (Å²) in [4.78, 5) is 0. The molecule has 0 aliphatic heterocycles. The maximum atomic E-state index is 13.1. The van der Waals surface area contributed by atoms with Crippen molar-refractivity contribution in [3.63, 3.8) is 0 Å². The van der Waals surface area contributed by atoms with Crippen molar-refractivity contribution in [2.75, 3.05) is 6.61 Å². The monoisotopic (exact) mass is 234 g/mol. The van der Waals surface area contributed by atoms with E-state index in [2.05, 4.69) is 0 Å². The summed E-state index contributed by atoms with van der Waals surface area (Å²) in [5.41, 5.74) is 2.11. The Bertz CT molecular complexity index is 350. The number of benzene rings is 1. The molecule has 1 nitrogen and oxygen atoms in total. The Balaban J connectivity index is 2.71. The average Bonchev–Trinajstić information content (AvgIpc) is 2.19. The standard InChI is InChI=1S/C10H9Cl2FO/c1-7-2-3-9(13)10(4-7)14-6-8(12)5-11/h2-5H,6H2,1H3. The lowest BCUT2D eigenvalue weighted by molar-refractivity contribution is 0.338. The maximum absolute atomic E-state index is 13.1. The lowest BCUT2D eigenvalue weighted by atomic mass is 10.2. The average molecular weight is 235 g/mol. The fourth-order valence-electron chi connectivity index (χ4n) is 0.899. The van der Waals surface area contributed by atoms with Gasteiger partial charge in [0.05, 0.1) is 5.03 Å². The molecule has 0 aliphatic carbocycles. The molecule has 1 aromatic carbocycles. The number of aryl methyl sites for hydroxylation is 1. The summed E-state index contributed by atoms with van der Waals surface area (Å²) in [5.74, 6) is -0.226. The van der Waals surface area contributed by atoms with E-state index in [0.29, 0.717) is 5.03 Å². The molecule has 1 rings (SSSR count).